The van der Waals surface area contributed by atoms with E-state index in [4.69, 9.17) is 0 Å². The SMILES string of the molecule is Cc1[nH]c2c(c1C(=O)NCCCN1CCN(c3ccc4c(c3)C(=O)N(C3CCC(=O)NC3=O)C4=O)CC1)CC/C2=C1/C(=O)Nc2ccc(F)cc21. The van der Waals surface area contributed by atoms with Gasteiger partial charge in [0.2, 0.25) is 11.8 Å². The average molecular weight is 694 g/mol. The first kappa shape index (κ1) is 32.6. The van der Waals surface area contributed by atoms with Gasteiger partial charge in [0.15, 0.2) is 0 Å². The number of nitrogens with zero attached hydrogens (tertiary/aromatic N) is 3. The number of anilines is 2. The number of piperidine rings is 1. The number of H-pyrrole nitrogens is 1. The third kappa shape index (κ3) is 5.59. The number of imide groups is 2. The number of carbonyl (C=O) groups excluding carboxylic acids is 6. The average Bonchev–Trinajstić information content (AvgIpc) is 3.82. The van der Waals surface area contributed by atoms with E-state index in [0.29, 0.717) is 54.9 Å². The summed E-state index contributed by atoms with van der Waals surface area (Å²) in [6.07, 6.45) is 2.12. The van der Waals surface area contributed by atoms with Crippen molar-refractivity contribution in [1.29, 1.82) is 0 Å². The van der Waals surface area contributed by atoms with Gasteiger partial charge < -0.3 is 20.5 Å². The second-order valence-electron chi connectivity index (χ2n) is 13.6. The molecule has 51 heavy (non-hydrogen) atoms. The zero-order valence-electron chi connectivity index (χ0n) is 28.0. The number of amides is 6. The number of aromatic nitrogens is 1. The molecule has 8 rings (SSSR count). The highest BCUT2D eigenvalue weighted by Gasteiger charge is 2.45. The molecule has 3 aromatic rings. The first-order valence-electron chi connectivity index (χ1n) is 17.3. The molecule has 0 bridgehead atoms. The van der Waals surface area contributed by atoms with E-state index in [0.717, 1.165) is 59.2 Å². The highest BCUT2D eigenvalue weighted by atomic mass is 19.1. The number of halogens is 1. The molecule has 1 aromatic heterocycles. The van der Waals surface area contributed by atoms with Crippen molar-refractivity contribution in [1.82, 2.24) is 25.4 Å². The number of hydrogen-bond acceptors (Lipinski definition) is 8. The molecule has 0 saturated carbocycles. The number of carbonyl (C=O) groups is 6. The van der Waals surface area contributed by atoms with E-state index < -0.39 is 35.5 Å². The summed E-state index contributed by atoms with van der Waals surface area (Å²) >= 11 is 0. The van der Waals surface area contributed by atoms with Crippen LogP contribution in [0.5, 0.6) is 0 Å². The van der Waals surface area contributed by atoms with Gasteiger partial charge >= 0.3 is 0 Å². The Morgan fingerprint density at radius 1 is 0.902 bits per heavy atom. The second-order valence-corrected chi connectivity index (χ2v) is 13.6. The number of fused-ring (bicyclic) bond motifs is 3. The van der Waals surface area contributed by atoms with Gasteiger partial charge in [0.25, 0.3) is 23.6 Å². The zero-order valence-corrected chi connectivity index (χ0v) is 28.0. The van der Waals surface area contributed by atoms with Crippen molar-refractivity contribution in [3.8, 4) is 0 Å². The van der Waals surface area contributed by atoms with Gasteiger partial charge in [-0.3, -0.25) is 43.9 Å². The van der Waals surface area contributed by atoms with Crippen LogP contribution in [-0.2, 0) is 20.8 Å². The molecule has 4 aliphatic heterocycles. The van der Waals surface area contributed by atoms with Crippen molar-refractivity contribution in [2.75, 3.05) is 49.5 Å². The molecule has 4 N–H and O–H groups in total. The lowest BCUT2D eigenvalue weighted by atomic mass is 9.99. The summed E-state index contributed by atoms with van der Waals surface area (Å²) in [6, 6.07) is 8.43. The zero-order chi connectivity index (χ0) is 35.6. The Balaban J connectivity index is 0.844. The molecule has 1 aliphatic carbocycles. The maximum atomic E-state index is 14.0. The predicted molar refractivity (Wildman–Crippen MR) is 184 cm³/mol. The van der Waals surface area contributed by atoms with Gasteiger partial charge in [-0.15, -0.1) is 0 Å². The summed E-state index contributed by atoms with van der Waals surface area (Å²) in [5.74, 6) is -2.93. The van der Waals surface area contributed by atoms with Gasteiger partial charge in [-0.05, 0) is 86.7 Å². The standard InChI is InChI=1S/C37H36FN7O6/c1-19-30(23-6-7-24(32(23)40-19)31-26-17-20(38)3-8-27(26)41-35(31)49)34(48)39-11-2-12-43-13-15-44(16-14-43)21-4-5-22-25(18-21)37(51)45(36(22)50)28-9-10-29(46)42-33(28)47/h3-5,8,17-18,28,40H,2,6-7,9-16H2,1H3,(H,39,48)(H,41,49)(H,42,46,47)/b31-24-. The van der Waals surface area contributed by atoms with Crippen LogP contribution in [0.2, 0.25) is 0 Å². The third-order valence-corrected chi connectivity index (χ3v) is 10.6. The summed E-state index contributed by atoms with van der Waals surface area (Å²) in [4.78, 5) is 85.3. The number of aryl methyl sites for hydroxylation is 1. The van der Waals surface area contributed by atoms with Gasteiger partial charge in [-0.1, -0.05) is 0 Å². The Hall–Kier alpha value is -5.63. The maximum absolute atomic E-state index is 14.0. The quantitative estimate of drug-likeness (QED) is 0.167. The van der Waals surface area contributed by atoms with Crippen LogP contribution >= 0.6 is 0 Å². The number of allylic oxidation sites excluding steroid dienone is 1. The van der Waals surface area contributed by atoms with Crippen LogP contribution in [-0.4, -0.2) is 95.5 Å². The van der Waals surface area contributed by atoms with Gasteiger partial charge in [-0.25, -0.2) is 4.39 Å². The lowest BCUT2D eigenvalue weighted by Gasteiger charge is -2.36. The van der Waals surface area contributed by atoms with Crippen molar-refractivity contribution < 1.29 is 33.2 Å². The molecule has 6 amide bonds. The summed E-state index contributed by atoms with van der Waals surface area (Å²) in [6.45, 7) is 6.12. The van der Waals surface area contributed by atoms with Crippen LogP contribution < -0.4 is 20.9 Å². The highest BCUT2D eigenvalue weighted by molar-refractivity contribution is 6.37. The minimum atomic E-state index is -0.997. The Kier molecular flexibility index (Phi) is 8.05. The van der Waals surface area contributed by atoms with Gasteiger partial charge in [0.1, 0.15) is 11.9 Å². The monoisotopic (exact) mass is 693 g/mol. The van der Waals surface area contributed by atoms with Gasteiger partial charge in [0, 0.05) is 67.5 Å². The number of piperazine rings is 1. The number of benzene rings is 2. The van der Waals surface area contributed by atoms with Crippen molar-refractivity contribution >= 4 is 58.0 Å². The fraction of sp³-hybridized carbons (Fsp3) is 0.351. The minimum absolute atomic E-state index is 0.0721. The van der Waals surface area contributed by atoms with Crippen molar-refractivity contribution in [2.45, 2.75) is 45.1 Å². The summed E-state index contributed by atoms with van der Waals surface area (Å²) in [5, 5.41) is 8.10. The van der Waals surface area contributed by atoms with Crippen molar-refractivity contribution in [3.63, 3.8) is 0 Å². The van der Waals surface area contributed by atoms with Gasteiger partial charge in [0.05, 0.1) is 22.3 Å². The largest absolute Gasteiger partial charge is 0.369 e. The molecule has 13 nitrogen and oxygen atoms in total. The van der Waals surface area contributed by atoms with E-state index in [1.54, 1.807) is 18.2 Å². The fourth-order valence-corrected chi connectivity index (χ4v) is 8.03. The Morgan fingerprint density at radius 3 is 2.47 bits per heavy atom. The van der Waals surface area contributed by atoms with E-state index in [-0.39, 0.29) is 35.8 Å². The lowest BCUT2D eigenvalue weighted by Crippen LogP contribution is -2.54. The predicted octanol–water partition coefficient (Wildman–Crippen LogP) is 2.61. The molecule has 2 fully saturated rings. The Bertz CT molecular complexity index is 2100. The summed E-state index contributed by atoms with van der Waals surface area (Å²) in [7, 11) is 0. The van der Waals surface area contributed by atoms with Crippen LogP contribution in [0.15, 0.2) is 36.4 Å². The molecule has 14 heteroatoms. The van der Waals surface area contributed by atoms with Crippen molar-refractivity contribution in [3.05, 3.63) is 81.4 Å². The Labute approximate surface area is 292 Å². The van der Waals surface area contributed by atoms with Gasteiger partial charge in [-0.2, -0.15) is 0 Å². The molecule has 5 heterocycles. The fourth-order valence-electron chi connectivity index (χ4n) is 8.03. The second kappa shape index (κ2) is 12.6. The molecule has 2 aromatic carbocycles. The number of hydrogen-bond donors (Lipinski definition) is 4. The van der Waals surface area contributed by atoms with Crippen LogP contribution in [0.3, 0.4) is 0 Å². The minimum Gasteiger partial charge on any atom is -0.369 e. The number of rotatable bonds is 7. The van der Waals surface area contributed by atoms with E-state index in [1.807, 2.05) is 13.0 Å². The molecule has 1 unspecified atom stereocenters. The van der Waals surface area contributed by atoms with Crippen LogP contribution in [0.1, 0.15) is 79.3 Å². The topological polar surface area (TPSA) is 164 Å². The molecule has 5 aliphatic rings. The summed E-state index contributed by atoms with van der Waals surface area (Å²) < 4.78 is 14.0. The van der Waals surface area contributed by atoms with Crippen LogP contribution in [0.25, 0.3) is 11.1 Å². The highest BCUT2D eigenvalue weighted by Crippen LogP contribution is 2.44. The first-order valence-corrected chi connectivity index (χ1v) is 17.3. The smallest absolute Gasteiger partial charge is 0.262 e. The first-order chi connectivity index (χ1) is 24.6. The molecular formula is C37H36FN7O6. The van der Waals surface area contributed by atoms with E-state index >= 15 is 0 Å². The Morgan fingerprint density at radius 2 is 1.69 bits per heavy atom. The molecule has 0 radical (unpaired) electrons. The van der Waals surface area contributed by atoms with E-state index in [1.165, 1.54) is 12.1 Å². The van der Waals surface area contributed by atoms with Crippen molar-refractivity contribution in [2.24, 2.45) is 0 Å². The van der Waals surface area contributed by atoms with Crippen LogP contribution in [0, 0.1) is 12.7 Å². The number of aromatic amines is 1. The normalized spacial score (nSPS) is 21.5. The molecular weight excluding hydrogens is 657 g/mol. The molecule has 0 spiro atoms. The maximum Gasteiger partial charge on any atom is 0.262 e. The van der Waals surface area contributed by atoms with E-state index in [9.17, 15) is 33.2 Å². The molecule has 1 atom stereocenters. The lowest BCUT2D eigenvalue weighted by molar-refractivity contribution is -0.136. The van der Waals surface area contributed by atoms with Crippen LogP contribution in [0.4, 0.5) is 15.8 Å². The molecule has 262 valence electrons. The number of nitrogens with one attached hydrogen (secondary N) is 4. The summed E-state index contributed by atoms with van der Waals surface area (Å²) in [5.41, 5.74) is 6.69. The van der Waals surface area contributed by atoms with E-state index in [2.05, 4.69) is 30.7 Å². The molecule has 2 saturated heterocycles. The third-order valence-electron chi connectivity index (χ3n) is 10.6.